The summed E-state index contributed by atoms with van der Waals surface area (Å²) in [6, 6.07) is 28.6. The minimum absolute atomic E-state index is 0.270. The lowest BCUT2D eigenvalue weighted by molar-refractivity contribution is 0.0692. The summed E-state index contributed by atoms with van der Waals surface area (Å²) in [6.07, 6.45) is 0. The van der Waals surface area contributed by atoms with E-state index >= 15 is 0 Å². The molecule has 0 unspecified atom stereocenters. The van der Waals surface area contributed by atoms with Gasteiger partial charge in [0.1, 0.15) is 4.99 Å². The quantitative estimate of drug-likeness (QED) is 0.112. The SMILES string of the molecule is COc1cc(C(=S)N2CCOCC2)cc(Br)c1OC(=O)c1ccc2nc(-c3ccccc3)c(-c3ccccc3)nc2c1. The summed E-state index contributed by atoms with van der Waals surface area (Å²) in [5, 5.41) is 0. The number of esters is 1. The van der Waals surface area contributed by atoms with Gasteiger partial charge in [0.15, 0.2) is 11.5 Å². The molecule has 6 rings (SSSR count). The summed E-state index contributed by atoms with van der Waals surface area (Å²) < 4.78 is 17.4. The maximum Gasteiger partial charge on any atom is 0.343 e. The van der Waals surface area contributed by atoms with Gasteiger partial charge in [-0.25, -0.2) is 14.8 Å². The van der Waals surface area contributed by atoms with Crippen molar-refractivity contribution in [1.82, 2.24) is 14.9 Å². The zero-order valence-corrected chi connectivity index (χ0v) is 25.2. The minimum atomic E-state index is -0.547. The molecule has 0 amide bonds. The third kappa shape index (κ3) is 5.76. The van der Waals surface area contributed by atoms with Crippen LogP contribution in [0.2, 0.25) is 0 Å². The van der Waals surface area contributed by atoms with E-state index in [1.807, 2.05) is 66.7 Å². The summed E-state index contributed by atoms with van der Waals surface area (Å²) in [7, 11) is 1.53. The second-order valence-corrected chi connectivity index (χ2v) is 10.9. The number of halogens is 1. The van der Waals surface area contributed by atoms with Gasteiger partial charge in [0, 0.05) is 29.8 Å². The number of morpholine rings is 1. The molecule has 0 aliphatic carbocycles. The van der Waals surface area contributed by atoms with Gasteiger partial charge in [-0.3, -0.25) is 0 Å². The van der Waals surface area contributed by atoms with Crippen LogP contribution in [0.3, 0.4) is 0 Å². The Labute approximate surface area is 257 Å². The number of methoxy groups -OCH3 is 1. The van der Waals surface area contributed by atoms with Crippen molar-refractivity contribution >= 4 is 50.1 Å². The molecule has 9 heteroatoms. The van der Waals surface area contributed by atoms with Crippen LogP contribution in [0.5, 0.6) is 11.5 Å². The Kier molecular flexibility index (Phi) is 8.23. The molecule has 5 aromatic rings. The Bertz CT molecular complexity index is 1780. The lowest BCUT2D eigenvalue weighted by atomic mass is 10.0. The Hall–Kier alpha value is -4.18. The third-order valence-corrected chi connectivity index (χ3v) is 8.05. The first-order valence-electron chi connectivity index (χ1n) is 13.4. The molecule has 1 aliphatic rings. The van der Waals surface area contributed by atoms with Crippen molar-refractivity contribution in [3.8, 4) is 34.0 Å². The number of hydrogen-bond acceptors (Lipinski definition) is 7. The molecular weight excluding hydrogens is 614 g/mol. The van der Waals surface area contributed by atoms with Crippen molar-refractivity contribution in [2.24, 2.45) is 0 Å². The van der Waals surface area contributed by atoms with E-state index in [4.69, 9.17) is 36.4 Å². The Morgan fingerprint density at radius 2 is 1.45 bits per heavy atom. The van der Waals surface area contributed by atoms with E-state index in [9.17, 15) is 4.79 Å². The standard InChI is InChI=1S/C33H26BrN3O4S/c1-39-28-20-24(32(42)37-14-16-40-17-15-37)18-25(34)31(28)41-33(38)23-12-13-26-27(19-23)36-30(22-10-6-3-7-11-22)29(35-26)21-8-4-2-5-9-21/h2-13,18-20H,14-17H2,1H3. The first kappa shape index (κ1) is 28.0. The van der Waals surface area contributed by atoms with Crippen LogP contribution >= 0.6 is 28.1 Å². The molecule has 1 fully saturated rings. The number of hydrogen-bond donors (Lipinski definition) is 0. The molecule has 0 saturated carbocycles. The van der Waals surface area contributed by atoms with E-state index in [2.05, 4.69) is 20.8 Å². The summed E-state index contributed by atoms with van der Waals surface area (Å²) in [4.78, 5) is 26.1. The van der Waals surface area contributed by atoms with Crippen LogP contribution < -0.4 is 9.47 Å². The van der Waals surface area contributed by atoms with E-state index in [0.717, 1.165) is 41.2 Å². The van der Waals surface area contributed by atoms with Crippen LogP contribution in [0.1, 0.15) is 15.9 Å². The van der Waals surface area contributed by atoms with Gasteiger partial charge in [-0.2, -0.15) is 0 Å². The van der Waals surface area contributed by atoms with Gasteiger partial charge < -0.3 is 19.1 Å². The van der Waals surface area contributed by atoms with Crippen molar-refractivity contribution in [3.05, 3.63) is 107 Å². The highest BCUT2D eigenvalue weighted by Gasteiger charge is 2.22. The minimum Gasteiger partial charge on any atom is -0.493 e. The van der Waals surface area contributed by atoms with Crippen molar-refractivity contribution in [2.75, 3.05) is 33.4 Å². The van der Waals surface area contributed by atoms with Crippen LogP contribution in [0.25, 0.3) is 33.5 Å². The lowest BCUT2D eigenvalue weighted by Crippen LogP contribution is -2.40. The number of nitrogens with zero attached hydrogens (tertiary/aromatic N) is 3. The number of benzene rings is 4. The normalized spacial score (nSPS) is 13.1. The maximum atomic E-state index is 13.4. The average Bonchev–Trinajstić information content (AvgIpc) is 3.05. The van der Waals surface area contributed by atoms with Gasteiger partial charge in [0.2, 0.25) is 0 Å². The smallest absolute Gasteiger partial charge is 0.343 e. The van der Waals surface area contributed by atoms with Crippen molar-refractivity contribution in [2.45, 2.75) is 0 Å². The van der Waals surface area contributed by atoms with Crippen molar-refractivity contribution in [1.29, 1.82) is 0 Å². The van der Waals surface area contributed by atoms with Crippen LogP contribution in [0.4, 0.5) is 0 Å². The summed E-state index contributed by atoms with van der Waals surface area (Å²) in [5.41, 5.74) is 5.78. The van der Waals surface area contributed by atoms with Gasteiger partial charge in [-0.1, -0.05) is 72.9 Å². The van der Waals surface area contributed by atoms with Gasteiger partial charge in [0.05, 0.1) is 52.8 Å². The van der Waals surface area contributed by atoms with E-state index in [-0.39, 0.29) is 5.75 Å². The summed E-state index contributed by atoms with van der Waals surface area (Å²) in [5.74, 6) is 0.115. The van der Waals surface area contributed by atoms with Crippen LogP contribution in [0, 0.1) is 0 Å². The molecule has 210 valence electrons. The van der Waals surface area contributed by atoms with Gasteiger partial charge in [-0.15, -0.1) is 0 Å². The monoisotopic (exact) mass is 639 g/mol. The van der Waals surface area contributed by atoms with Crippen molar-refractivity contribution in [3.63, 3.8) is 0 Å². The third-order valence-electron chi connectivity index (χ3n) is 6.96. The van der Waals surface area contributed by atoms with E-state index < -0.39 is 5.97 Å². The van der Waals surface area contributed by atoms with E-state index in [1.165, 1.54) is 7.11 Å². The fraction of sp³-hybridized carbons (Fsp3) is 0.152. The Morgan fingerprint density at radius 1 is 0.833 bits per heavy atom. The number of aromatic nitrogens is 2. The van der Waals surface area contributed by atoms with Gasteiger partial charge >= 0.3 is 5.97 Å². The number of ether oxygens (including phenoxy) is 3. The molecule has 7 nitrogen and oxygen atoms in total. The zero-order chi connectivity index (χ0) is 29.1. The molecule has 0 N–H and O–H groups in total. The number of fused-ring (bicyclic) bond motifs is 1. The van der Waals surface area contributed by atoms with Gasteiger partial charge in [-0.05, 0) is 46.3 Å². The molecule has 0 bridgehead atoms. The second kappa shape index (κ2) is 12.4. The molecular formula is C33H26BrN3O4S. The van der Waals surface area contributed by atoms with E-state index in [0.29, 0.717) is 45.0 Å². The largest absolute Gasteiger partial charge is 0.493 e. The molecule has 0 spiro atoms. The lowest BCUT2D eigenvalue weighted by Gasteiger charge is -2.29. The van der Waals surface area contributed by atoms with E-state index in [1.54, 1.807) is 24.3 Å². The van der Waals surface area contributed by atoms with Crippen LogP contribution in [-0.4, -0.2) is 59.2 Å². The molecule has 1 aliphatic heterocycles. The Balaban J connectivity index is 1.33. The maximum absolute atomic E-state index is 13.4. The number of thiocarbonyl (C=S) groups is 1. The predicted octanol–water partition coefficient (Wildman–Crippen LogP) is 6.96. The molecule has 2 heterocycles. The molecule has 1 saturated heterocycles. The second-order valence-electron chi connectivity index (χ2n) is 9.64. The molecule has 0 radical (unpaired) electrons. The molecule has 42 heavy (non-hydrogen) atoms. The van der Waals surface area contributed by atoms with Crippen LogP contribution in [0.15, 0.2) is 95.5 Å². The predicted molar refractivity (Wildman–Crippen MR) is 170 cm³/mol. The molecule has 1 aromatic heterocycles. The number of carbonyl (C=O) groups excluding carboxylic acids is 1. The summed E-state index contributed by atoms with van der Waals surface area (Å²) >= 11 is 9.27. The number of carbonyl (C=O) groups is 1. The highest BCUT2D eigenvalue weighted by Crippen LogP contribution is 2.38. The van der Waals surface area contributed by atoms with Gasteiger partial charge in [0.25, 0.3) is 0 Å². The first-order valence-corrected chi connectivity index (χ1v) is 14.6. The molecule has 0 atom stereocenters. The highest BCUT2D eigenvalue weighted by molar-refractivity contribution is 9.10. The first-order chi connectivity index (χ1) is 20.5. The average molecular weight is 641 g/mol. The fourth-order valence-corrected chi connectivity index (χ4v) is 5.64. The summed E-state index contributed by atoms with van der Waals surface area (Å²) in [6.45, 7) is 2.70. The fourth-order valence-electron chi connectivity index (χ4n) is 4.82. The highest BCUT2D eigenvalue weighted by atomic mass is 79.9. The van der Waals surface area contributed by atoms with Crippen molar-refractivity contribution < 1.29 is 19.0 Å². The molecule has 4 aromatic carbocycles. The Morgan fingerprint density at radius 3 is 2.07 bits per heavy atom. The topological polar surface area (TPSA) is 73.8 Å². The number of rotatable bonds is 6. The zero-order valence-electron chi connectivity index (χ0n) is 22.7. The van der Waals surface area contributed by atoms with Crippen LogP contribution in [-0.2, 0) is 4.74 Å².